The van der Waals surface area contributed by atoms with Crippen LogP contribution in [-0.4, -0.2) is 17.0 Å². The highest BCUT2D eigenvalue weighted by Crippen LogP contribution is 2.36. The molecule has 24 heavy (non-hydrogen) atoms. The van der Waals surface area contributed by atoms with E-state index in [4.69, 9.17) is 0 Å². The first-order chi connectivity index (χ1) is 11.5. The minimum atomic E-state index is -0.347. The van der Waals surface area contributed by atoms with Crippen molar-refractivity contribution in [2.24, 2.45) is 5.92 Å². The lowest BCUT2D eigenvalue weighted by Gasteiger charge is -2.30. The molecule has 0 aromatic heterocycles. The molecule has 2 amide bonds. The van der Waals surface area contributed by atoms with Crippen LogP contribution in [0.15, 0.2) is 48.5 Å². The Hall–Kier alpha value is -2.36. The van der Waals surface area contributed by atoms with Gasteiger partial charge in [-0.3, -0.25) is 0 Å². The maximum atomic E-state index is 13.5. The van der Waals surface area contributed by atoms with Crippen LogP contribution in [0.2, 0.25) is 0 Å². The number of carbonyl (C=O) groups is 1. The molecule has 2 aromatic rings. The predicted octanol–water partition coefficient (Wildman–Crippen LogP) is 4.97. The zero-order valence-corrected chi connectivity index (χ0v) is 14.1. The summed E-state index contributed by atoms with van der Waals surface area (Å²) in [5, 5.41) is 2.88. The zero-order valence-electron chi connectivity index (χ0n) is 14.1. The van der Waals surface area contributed by atoms with E-state index in [1.807, 2.05) is 42.2 Å². The molecule has 126 valence electrons. The lowest BCUT2D eigenvalue weighted by Crippen LogP contribution is -2.42. The van der Waals surface area contributed by atoms with Crippen LogP contribution in [0.3, 0.4) is 0 Å². The molecule has 1 aliphatic carbocycles. The van der Waals surface area contributed by atoms with Gasteiger partial charge >= 0.3 is 6.03 Å². The highest BCUT2D eigenvalue weighted by Gasteiger charge is 2.34. The molecule has 1 fully saturated rings. The summed E-state index contributed by atoms with van der Waals surface area (Å²) >= 11 is 0. The normalized spacial score (nSPS) is 15.0. The molecule has 3 nitrogen and oxygen atoms in total. The van der Waals surface area contributed by atoms with E-state index in [1.165, 1.54) is 25.0 Å². The van der Waals surface area contributed by atoms with Crippen molar-refractivity contribution >= 4 is 11.7 Å². The second kappa shape index (κ2) is 7.04. The Balaban J connectivity index is 1.79. The molecule has 4 heteroatoms. The molecule has 0 spiro atoms. The van der Waals surface area contributed by atoms with Gasteiger partial charge in [-0.05, 0) is 55.9 Å². The summed E-state index contributed by atoms with van der Waals surface area (Å²) in [6, 6.07) is 14.4. The Bertz CT molecular complexity index is 713. The Morgan fingerprint density at radius 3 is 2.62 bits per heavy atom. The molecule has 2 aromatic carbocycles. The fourth-order valence-corrected chi connectivity index (χ4v) is 2.93. The van der Waals surface area contributed by atoms with Crippen molar-refractivity contribution in [2.75, 3.05) is 5.32 Å². The quantitative estimate of drug-likeness (QED) is 0.827. The van der Waals surface area contributed by atoms with Gasteiger partial charge in [-0.2, -0.15) is 0 Å². The van der Waals surface area contributed by atoms with E-state index in [1.54, 1.807) is 6.07 Å². The predicted molar refractivity (Wildman–Crippen MR) is 94.3 cm³/mol. The maximum absolute atomic E-state index is 13.5. The van der Waals surface area contributed by atoms with Gasteiger partial charge in [0.25, 0.3) is 0 Å². The Morgan fingerprint density at radius 2 is 1.96 bits per heavy atom. The number of nitrogens with zero attached hydrogens (tertiary/aromatic N) is 1. The second-order valence-electron chi connectivity index (χ2n) is 6.58. The number of halogens is 1. The number of carbonyl (C=O) groups excluding carboxylic acids is 1. The number of hydrogen-bond acceptors (Lipinski definition) is 1. The largest absolute Gasteiger partial charge is 0.322 e. The van der Waals surface area contributed by atoms with E-state index in [0.29, 0.717) is 18.2 Å². The molecular formula is C20H23FN2O. The van der Waals surface area contributed by atoms with Crippen molar-refractivity contribution in [3.63, 3.8) is 0 Å². The monoisotopic (exact) mass is 326 g/mol. The molecule has 1 aliphatic rings. The van der Waals surface area contributed by atoms with E-state index in [2.05, 4.69) is 12.2 Å². The SMILES string of the molecule is Cc1ccc(F)cc1NC(=O)N(Cc1ccccc1)C(C)C1CC1. The zero-order chi connectivity index (χ0) is 17.1. The topological polar surface area (TPSA) is 32.3 Å². The first-order valence-corrected chi connectivity index (χ1v) is 8.42. The number of anilines is 1. The summed E-state index contributed by atoms with van der Waals surface area (Å²) in [6.45, 7) is 4.51. The standard InChI is InChI=1S/C20H23FN2O/c1-14-8-11-18(21)12-19(14)22-20(24)23(15(2)17-9-10-17)13-16-6-4-3-5-7-16/h3-8,11-12,15,17H,9-10,13H2,1-2H3,(H,22,24). The van der Waals surface area contributed by atoms with Crippen LogP contribution in [0.25, 0.3) is 0 Å². The van der Waals surface area contributed by atoms with Gasteiger partial charge in [-0.25, -0.2) is 9.18 Å². The smallest absolute Gasteiger partial charge is 0.317 e. The van der Waals surface area contributed by atoms with E-state index in [-0.39, 0.29) is 17.9 Å². The van der Waals surface area contributed by atoms with Crippen LogP contribution in [0.4, 0.5) is 14.9 Å². The number of nitrogens with one attached hydrogen (secondary N) is 1. The molecule has 1 unspecified atom stereocenters. The van der Waals surface area contributed by atoms with E-state index >= 15 is 0 Å². The summed E-state index contributed by atoms with van der Waals surface area (Å²) in [5.41, 5.74) is 2.47. The third-order valence-corrected chi connectivity index (χ3v) is 4.69. The lowest BCUT2D eigenvalue weighted by molar-refractivity contribution is 0.180. The van der Waals surface area contributed by atoms with Gasteiger partial charge in [0.15, 0.2) is 0 Å². The van der Waals surface area contributed by atoms with Gasteiger partial charge in [-0.1, -0.05) is 36.4 Å². The molecule has 0 aliphatic heterocycles. The summed E-state index contributed by atoms with van der Waals surface area (Å²) in [6.07, 6.45) is 2.33. The Kier molecular flexibility index (Phi) is 4.84. The van der Waals surface area contributed by atoms with Gasteiger partial charge in [0, 0.05) is 18.3 Å². The highest BCUT2D eigenvalue weighted by atomic mass is 19.1. The Labute approximate surface area is 142 Å². The van der Waals surface area contributed by atoms with Gasteiger partial charge in [0.1, 0.15) is 5.82 Å². The van der Waals surface area contributed by atoms with Crippen molar-refractivity contribution in [1.82, 2.24) is 4.90 Å². The highest BCUT2D eigenvalue weighted by molar-refractivity contribution is 5.90. The number of benzene rings is 2. The lowest BCUT2D eigenvalue weighted by atomic mass is 10.1. The van der Waals surface area contributed by atoms with Crippen LogP contribution < -0.4 is 5.32 Å². The third-order valence-electron chi connectivity index (χ3n) is 4.69. The van der Waals surface area contributed by atoms with Crippen LogP contribution in [0, 0.1) is 18.7 Å². The van der Waals surface area contributed by atoms with Gasteiger partial charge < -0.3 is 10.2 Å². The molecule has 0 radical (unpaired) electrons. The fourth-order valence-electron chi connectivity index (χ4n) is 2.93. The molecule has 0 heterocycles. The van der Waals surface area contributed by atoms with E-state index in [0.717, 1.165) is 11.1 Å². The van der Waals surface area contributed by atoms with Crippen molar-refractivity contribution in [1.29, 1.82) is 0 Å². The average Bonchev–Trinajstić information content (AvgIpc) is 3.41. The number of amides is 2. The van der Waals surface area contributed by atoms with Crippen molar-refractivity contribution in [3.8, 4) is 0 Å². The summed E-state index contributed by atoms with van der Waals surface area (Å²) in [4.78, 5) is 14.7. The van der Waals surface area contributed by atoms with Crippen LogP contribution in [0.5, 0.6) is 0 Å². The third kappa shape index (κ3) is 3.94. The summed E-state index contributed by atoms with van der Waals surface area (Å²) in [5.74, 6) is 0.216. The number of urea groups is 1. The average molecular weight is 326 g/mol. The van der Waals surface area contributed by atoms with Gasteiger partial charge in [-0.15, -0.1) is 0 Å². The van der Waals surface area contributed by atoms with E-state index in [9.17, 15) is 9.18 Å². The Morgan fingerprint density at radius 1 is 1.25 bits per heavy atom. The minimum absolute atomic E-state index is 0.166. The molecule has 1 N–H and O–H groups in total. The number of rotatable bonds is 5. The van der Waals surface area contributed by atoms with Crippen molar-refractivity contribution in [2.45, 2.75) is 39.3 Å². The maximum Gasteiger partial charge on any atom is 0.322 e. The first-order valence-electron chi connectivity index (χ1n) is 8.42. The molecule has 0 saturated heterocycles. The van der Waals surface area contributed by atoms with E-state index < -0.39 is 0 Å². The summed E-state index contributed by atoms with van der Waals surface area (Å²) < 4.78 is 13.5. The minimum Gasteiger partial charge on any atom is -0.317 e. The molecule has 1 atom stereocenters. The fraction of sp³-hybridized carbons (Fsp3) is 0.350. The van der Waals surface area contributed by atoms with Crippen molar-refractivity contribution in [3.05, 3.63) is 65.5 Å². The molecule has 0 bridgehead atoms. The molecule has 1 saturated carbocycles. The van der Waals surface area contributed by atoms with Gasteiger partial charge in [0.2, 0.25) is 0 Å². The molecule has 3 rings (SSSR count). The van der Waals surface area contributed by atoms with Crippen LogP contribution >= 0.6 is 0 Å². The van der Waals surface area contributed by atoms with Crippen LogP contribution in [-0.2, 0) is 6.54 Å². The number of hydrogen-bond donors (Lipinski definition) is 1. The second-order valence-corrected chi connectivity index (χ2v) is 6.58. The van der Waals surface area contributed by atoms with Gasteiger partial charge in [0.05, 0.1) is 0 Å². The molecular weight excluding hydrogens is 303 g/mol. The van der Waals surface area contributed by atoms with Crippen LogP contribution in [0.1, 0.15) is 30.9 Å². The number of aryl methyl sites for hydroxylation is 1. The van der Waals surface area contributed by atoms with Crippen molar-refractivity contribution < 1.29 is 9.18 Å². The first kappa shape index (κ1) is 16.5. The summed E-state index contributed by atoms with van der Waals surface area (Å²) in [7, 11) is 0.